The van der Waals surface area contributed by atoms with Crippen LogP contribution in [0, 0.1) is 0 Å². The molecule has 3 nitrogen and oxygen atoms in total. The molecule has 94 valence electrons. The normalized spacial score (nSPS) is 20.4. The first-order valence-corrected chi connectivity index (χ1v) is 6.60. The van der Waals surface area contributed by atoms with Crippen LogP contribution in [0.15, 0.2) is 40.9 Å². The molecule has 4 heteroatoms. The van der Waals surface area contributed by atoms with E-state index in [-0.39, 0.29) is 0 Å². The molecule has 0 unspecified atom stereocenters. The lowest BCUT2D eigenvalue weighted by Gasteiger charge is -2.22. The van der Waals surface area contributed by atoms with Gasteiger partial charge in [0.25, 0.3) is 0 Å². The standard InChI is InChI=1S/C14H15ClN2O/c15-14-7-6-11(18-14)10-17-9-3-5-13(17)12-4-1-2-8-16-12/h1-2,4,6-8,13H,3,5,9-10H2/t13-/m1/s1. The molecule has 1 aliphatic rings. The highest BCUT2D eigenvalue weighted by Crippen LogP contribution is 2.32. The first-order valence-electron chi connectivity index (χ1n) is 6.22. The second-order valence-corrected chi connectivity index (χ2v) is 4.96. The van der Waals surface area contributed by atoms with Crippen molar-refractivity contribution >= 4 is 11.6 Å². The van der Waals surface area contributed by atoms with E-state index in [1.807, 2.05) is 24.4 Å². The first kappa shape index (κ1) is 11.8. The predicted molar refractivity (Wildman–Crippen MR) is 70.3 cm³/mol. The van der Waals surface area contributed by atoms with Crippen LogP contribution >= 0.6 is 11.6 Å². The molecule has 0 amide bonds. The van der Waals surface area contributed by atoms with Crippen LogP contribution in [0.1, 0.15) is 30.3 Å². The van der Waals surface area contributed by atoms with Crippen LogP contribution in [0.3, 0.4) is 0 Å². The van der Waals surface area contributed by atoms with Crippen LogP contribution in [-0.2, 0) is 6.54 Å². The lowest BCUT2D eigenvalue weighted by atomic mass is 10.1. The molecule has 0 bridgehead atoms. The number of pyridine rings is 1. The molecule has 3 heterocycles. The van der Waals surface area contributed by atoms with Crippen molar-refractivity contribution in [1.82, 2.24) is 9.88 Å². The van der Waals surface area contributed by atoms with E-state index in [1.165, 1.54) is 6.42 Å². The van der Waals surface area contributed by atoms with Gasteiger partial charge in [-0.1, -0.05) is 6.07 Å². The first-order chi connectivity index (χ1) is 8.83. The highest BCUT2D eigenvalue weighted by molar-refractivity contribution is 6.28. The summed E-state index contributed by atoms with van der Waals surface area (Å²) in [5, 5.41) is 0.457. The number of furan rings is 1. The smallest absolute Gasteiger partial charge is 0.193 e. The number of rotatable bonds is 3. The fraction of sp³-hybridized carbons (Fsp3) is 0.357. The largest absolute Gasteiger partial charge is 0.448 e. The van der Waals surface area contributed by atoms with Crippen LogP contribution in [0.2, 0.25) is 5.22 Å². The van der Waals surface area contributed by atoms with Crippen molar-refractivity contribution in [1.29, 1.82) is 0 Å². The topological polar surface area (TPSA) is 29.3 Å². The molecule has 3 rings (SSSR count). The van der Waals surface area contributed by atoms with E-state index in [0.29, 0.717) is 11.3 Å². The van der Waals surface area contributed by atoms with Crippen LogP contribution in [0.25, 0.3) is 0 Å². The number of nitrogens with zero attached hydrogens (tertiary/aromatic N) is 2. The van der Waals surface area contributed by atoms with Crippen molar-refractivity contribution in [3.05, 3.63) is 53.2 Å². The summed E-state index contributed by atoms with van der Waals surface area (Å²) in [6.07, 6.45) is 4.22. The van der Waals surface area contributed by atoms with E-state index in [0.717, 1.165) is 31.0 Å². The molecule has 2 aromatic rings. The Morgan fingerprint density at radius 1 is 1.33 bits per heavy atom. The third-order valence-electron chi connectivity index (χ3n) is 3.38. The van der Waals surface area contributed by atoms with Crippen LogP contribution < -0.4 is 0 Å². The Morgan fingerprint density at radius 3 is 3.00 bits per heavy atom. The molecule has 0 aromatic carbocycles. The van der Waals surface area contributed by atoms with E-state index in [4.69, 9.17) is 16.0 Å². The van der Waals surface area contributed by atoms with Crippen molar-refractivity contribution in [2.45, 2.75) is 25.4 Å². The van der Waals surface area contributed by atoms with Crippen LogP contribution in [0.4, 0.5) is 0 Å². The summed E-state index contributed by atoms with van der Waals surface area (Å²) < 4.78 is 5.43. The Morgan fingerprint density at radius 2 is 2.28 bits per heavy atom. The third-order valence-corrected chi connectivity index (χ3v) is 3.58. The predicted octanol–water partition coefficient (Wildman–Crippen LogP) is 3.67. The molecule has 18 heavy (non-hydrogen) atoms. The van der Waals surface area contributed by atoms with E-state index >= 15 is 0 Å². The molecule has 0 saturated carbocycles. The lowest BCUT2D eigenvalue weighted by molar-refractivity contribution is 0.225. The van der Waals surface area contributed by atoms with Gasteiger partial charge in [-0.2, -0.15) is 0 Å². The maximum absolute atomic E-state index is 5.80. The van der Waals surface area contributed by atoms with Gasteiger partial charge in [0.1, 0.15) is 5.76 Å². The summed E-state index contributed by atoms with van der Waals surface area (Å²) in [6.45, 7) is 1.88. The van der Waals surface area contributed by atoms with Gasteiger partial charge in [0.15, 0.2) is 5.22 Å². The molecular weight excluding hydrogens is 248 g/mol. The average molecular weight is 263 g/mol. The van der Waals surface area contributed by atoms with Crippen molar-refractivity contribution in [3.8, 4) is 0 Å². The lowest BCUT2D eigenvalue weighted by Crippen LogP contribution is -2.23. The Labute approximate surface area is 111 Å². The van der Waals surface area contributed by atoms with Crippen molar-refractivity contribution in [2.24, 2.45) is 0 Å². The molecule has 2 aromatic heterocycles. The molecule has 1 atom stereocenters. The van der Waals surface area contributed by atoms with Gasteiger partial charge in [0.05, 0.1) is 18.3 Å². The van der Waals surface area contributed by atoms with Crippen molar-refractivity contribution in [3.63, 3.8) is 0 Å². The van der Waals surface area contributed by atoms with Crippen molar-refractivity contribution < 1.29 is 4.42 Å². The van der Waals surface area contributed by atoms with E-state index < -0.39 is 0 Å². The average Bonchev–Trinajstić information content (AvgIpc) is 3.00. The Bertz CT molecular complexity index is 512. The van der Waals surface area contributed by atoms with Crippen LogP contribution in [0.5, 0.6) is 0 Å². The van der Waals surface area contributed by atoms with Gasteiger partial charge >= 0.3 is 0 Å². The summed E-state index contributed by atoms with van der Waals surface area (Å²) in [6, 6.07) is 10.2. The summed E-state index contributed by atoms with van der Waals surface area (Å²) in [5.41, 5.74) is 1.15. The highest BCUT2D eigenvalue weighted by atomic mass is 35.5. The highest BCUT2D eigenvalue weighted by Gasteiger charge is 2.27. The minimum atomic E-state index is 0.398. The summed E-state index contributed by atoms with van der Waals surface area (Å²) >= 11 is 5.80. The summed E-state index contributed by atoms with van der Waals surface area (Å²) in [5.74, 6) is 0.919. The number of likely N-dealkylation sites (tertiary alicyclic amines) is 1. The zero-order valence-corrected chi connectivity index (χ0v) is 10.8. The number of hydrogen-bond donors (Lipinski definition) is 0. The monoisotopic (exact) mass is 262 g/mol. The van der Waals surface area contributed by atoms with Gasteiger partial charge in [-0.15, -0.1) is 0 Å². The fourth-order valence-corrected chi connectivity index (χ4v) is 2.72. The molecule has 0 spiro atoms. The Balaban J connectivity index is 1.75. The van der Waals surface area contributed by atoms with Crippen molar-refractivity contribution in [2.75, 3.05) is 6.54 Å². The maximum Gasteiger partial charge on any atom is 0.193 e. The molecule has 1 fully saturated rings. The third kappa shape index (κ3) is 2.42. The van der Waals surface area contributed by atoms with Gasteiger partial charge in [-0.3, -0.25) is 9.88 Å². The second kappa shape index (κ2) is 5.12. The van der Waals surface area contributed by atoms with Gasteiger partial charge in [0, 0.05) is 6.20 Å². The molecule has 0 radical (unpaired) electrons. The van der Waals surface area contributed by atoms with Gasteiger partial charge < -0.3 is 4.42 Å². The van der Waals surface area contributed by atoms with Gasteiger partial charge in [-0.05, 0) is 55.3 Å². The molecule has 1 saturated heterocycles. The van der Waals surface area contributed by atoms with E-state index in [9.17, 15) is 0 Å². The zero-order valence-electron chi connectivity index (χ0n) is 10.1. The second-order valence-electron chi connectivity index (χ2n) is 4.59. The van der Waals surface area contributed by atoms with Gasteiger partial charge in [0.2, 0.25) is 0 Å². The van der Waals surface area contributed by atoms with Gasteiger partial charge in [-0.25, -0.2) is 0 Å². The zero-order chi connectivity index (χ0) is 12.4. The number of hydrogen-bond acceptors (Lipinski definition) is 3. The summed E-state index contributed by atoms with van der Waals surface area (Å²) in [4.78, 5) is 6.86. The molecule has 0 aliphatic carbocycles. The fourth-order valence-electron chi connectivity index (χ4n) is 2.56. The SMILES string of the molecule is Clc1ccc(CN2CCC[C@@H]2c2ccccn2)o1. The minimum Gasteiger partial charge on any atom is -0.448 e. The summed E-state index contributed by atoms with van der Waals surface area (Å²) in [7, 11) is 0. The minimum absolute atomic E-state index is 0.398. The Hall–Kier alpha value is -1.32. The van der Waals surface area contributed by atoms with E-state index in [2.05, 4.69) is 16.0 Å². The number of halogens is 1. The Kier molecular flexibility index (Phi) is 3.35. The molecular formula is C14H15ClN2O. The number of aromatic nitrogens is 1. The van der Waals surface area contributed by atoms with Crippen LogP contribution in [-0.4, -0.2) is 16.4 Å². The maximum atomic E-state index is 5.80. The van der Waals surface area contributed by atoms with E-state index in [1.54, 1.807) is 6.07 Å². The quantitative estimate of drug-likeness (QED) is 0.845. The molecule has 0 N–H and O–H groups in total. The molecule has 1 aliphatic heterocycles.